The van der Waals surface area contributed by atoms with Gasteiger partial charge in [0.05, 0.1) is 30.5 Å². The molecule has 154 valence electrons. The third-order valence-corrected chi connectivity index (χ3v) is 5.17. The first-order chi connectivity index (χ1) is 14.5. The van der Waals surface area contributed by atoms with Gasteiger partial charge in [0.2, 0.25) is 5.95 Å². The summed E-state index contributed by atoms with van der Waals surface area (Å²) in [5.74, 6) is 1.12. The van der Waals surface area contributed by atoms with Crippen molar-refractivity contribution in [3.05, 3.63) is 70.6 Å². The number of halogens is 1. The molecule has 30 heavy (non-hydrogen) atoms. The normalized spacial score (nSPS) is 15.3. The zero-order valence-electron chi connectivity index (χ0n) is 16.6. The number of benzene rings is 2. The van der Waals surface area contributed by atoms with Crippen LogP contribution in [0.3, 0.4) is 0 Å². The van der Waals surface area contributed by atoms with E-state index < -0.39 is 6.04 Å². The predicted octanol–water partition coefficient (Wildman–Crippen LogP) is 3.88. The van der Waals surface area contributed by atoms with Gasteiger partial charge >= 0.3 is 0 Å². The van der Waals surface area contributed by atoms with Crippen LogP contribution in [0, 0.1) is 0 Å². The van der Waals surface area contributed by atoms with Crippen LogP contribution in [0.1, 0.15) is 18.5 Å². The lowest BCUT2D eigenvalue weighted by molar-refractivity contribution is -0.113. The molecule has 3 aromatic rings. The first-order valence-electron chi connectivity index (χ1n) is 9.18. The molecule has 0 radical (unpaired) electrons. The van der Waals surface area contributed by atoms with E-state index in [2.05, 4.69) is 20.7 Å². The standard InChI is InChI=1S/C21H20ClN5O3/c1-12-18(20(28)26-15-10-16(29-2)14(22)9-17(15)30-3)19(13-7-5-4-6-8-13)27-21(25-12)23-11-24-27/h4-11,19H,1-3H3,(H,26,28)(H,23,24,25). The van der Waals surface area contributed by atoms with Crippen molar-refractivity contribution >= 4 is 29.1 Å². The molecule has 0 fully saturated rings. The molecule has 1 aliphatic rings. The van der Waals surface area contributed by atoms with Crippen LogP contribution in [0.5, 0.6) is 11.5 Å². The fourth-order valence-corrected chi connectivity index (χ4v) is 3.71. The SMILES string of the molecule is COc1cc(NC(=O)C2=C(C)Nc3ncnn3C2c2ccccc2)c(OC)cc1Cl. The van der Waals surface area contributed by atoms with Gasteiger partial charge in [-0.2, -0.15) is 10.1 Å². The second-order valence-corrected chi connectivity index (χ2v) is 7.05. The zero-order chi connectivity index (χ0) is 21.3. The van der Waals surface area contributed by atoms with E-state index in [0.29, 0.717) is 39.4 Å². The molecule has 2 aromatic carbocycles. The largest absolute Gasteiger partial charge is 0.495 e. The van der Waals surface area contributed by atoms with Crippen LogP contribution in [-0.2, 0) is 4.79 Å². The fourth-order valence-electron chi connectivity index (χ4n) is 3.48. The average Bonchev–Trinajstić information content (AvgIpc) is 3.22. The Kier molecular flexibility index (Phi) is 5.33. The van der Waals surface area contributed by atoms with Gasteiger partial charge in [-0.15, -0.1) is 0 Å². The topological polar surface area (TPSA) is 90.3 Å². The van der Waals surface area contributed by atoms with E-state index in [9.17, 15) is 4.79 Å². The lowest BCUT2D eigenvalue weighted by atomic mass is 9.95. The van der Waals surface area contributed by atoms with Crippen molar-refractivity contribution in [2.24, 2.45) is 0 Å². The summed E-state index contributed by atoms with van der Waals surface area (Å²) < 4.78 is 12.3. The Hall–Kier alpha value is -3.52. The van der Waals surface area contributed by atoms with Crippen LogP contribution in [0.4, 0.5) is 11.6 Å². The number of nitrogens with one attached hydrogen (secondary N) is 2. The number of aromatic nitrogens is 3. The third-order valence-electron chi connectivity index (χ3n) is 4.88. The van der Waals surface area contributed by atoms with Crippen molar-refractivity contribution in [1.82, 2.24) is 14.8 Å². The van der Waals surface area contributed by atoms with Crippen LogP contribution in [0.25, 0.3) is 0 Å². The highest BCUT2D eigenvalue weighted by molar-refractivity contribution is 6.32. The minimum absolute atomic E-state index is 0.308. The maximum absolute atomic E-state index is 13.4. The van der Waals surface area contributed by atoms with Gasteiger partial charge in [0.25, 0.3) is 5.91 Å². The molecule has 0 spiro atoms. The maximum atomic E-state index is 13.4. The van der Waals surface area contributed by atoms with Gasteiger partial charge in [-0.1, -0.05) is 41.9 Å². The van der Waals surface area contributed by atoms with Crippen molar-refractivity contribution < 1.29 is 14.3 Å². The summed E-state index contributed by atoms with van der Waals surface area (Å²) in [6, 6.07) is 12.5. The maximum Gasteiger partial charge on any atom is 0.255 e. The van der Waals surface area contributed by atoms with E-state index in [1.807, 2.05) is 37.3 Å². The van der Waals surface area contributed by atoms with E-state index >= 15 is 0 Å². The highest BCUT2D eigenvalue weighted by Crippen LogP contribution is 2.38. The van der Waals surface area contributed by atoms with Crippen LogP contribution < -0.4 is 20.1 Å². The minimum Gasteiger partial charge on any atom is -0.495 e. The van der Waals surface area contributed by atoms with E-state index in [4.69, 9.17) is 21.1 Å². The number of allylic oxidation sites excluding steroid dienone is 1. The summed E-state index contributed by atoms with van der Waals surface area (Å²) in [6.07, 6.45) is 1.46. The van der Waals surface area contributed by atoms with Gasteiger partial charge < -0.3 is 20.1 Å². The van der Waals surface area contributed by atoms with Gasteiger partial charge in [0, 0.05) is 17.8 Å². The number of amides is 1. The second-order valence-electron chi connectivity index (χ2n) is 6.65. The van der Waals surface area contributed by atoms with E-state index in [1.54, 1.807) is 16.8 Å². The number of anilines is 2. The van der Waals surface area contributed by atoms with E-state index in [0.717, 1.165) is 5.56 Å². The number of rotatable bonds is 5. The quantitative estimate of drug-likeness (QED) is 0.644. The highest BCUT2D eigenvalue weighted by atomic mass is 35.5. The molecule has 0 saturated heterocycles. The van der Waals surface area contributed by atoms with Gasteiger partial charge in [0.15, 0.2) is 0 Å². The Balaban J connectivity index is 1.76. The smallest absolute Gasteiger partial charge is 0.255 e. The first kappa shape index (κ1) is 19.8. The molecular weight excluding hydrogens is 406 g/mol. The zero-order valence-corrected chi connectivity index (χ0v) is 17.4. The summed E-state index contributed by atoms with van der Waals surface area (Å²) in [7, 11) is 3.02. The number of hydrogen-bond donors (Lipinski definition) is 2. The number of carbonyl (C=O) groups excluding carboxylic acids is 1. The number of ether oxygens (including phenoxy) is 2. The molecule has 1 atom stereocenters. The Bertz CT molecular complexity index is 1130. The van der Waals surface area contributed by atoms with Crippen LogP contribution in [-0.4, -0.2) is 34.9 Å². The molecule has 2 heterocycles. The number of nitrogens with zero attached hydrogens (tertiary/aromatic N) is 3. The number of carbonyl (C=O) groups is 1. The molecule has 1 aromatic heterocycles. The highest BCUT2D eigenvalue weighted by Gasteiger charge is 2.33. The lowest BCUT2D eigenvalue weighted by Crippen LogP contribution is -2.31. The summed E-state index contributed by atoms with van der Waals surface area (Å²) >= 11 is 6.18. The Labute approximate surface area is 178 Å². The predicted molar refractivity (Wildman–Crippen MR) is 114 cm³/mol. The molecule has 0 saturated carbocycles. The molecule has 1 aliphatic heterocycles. The first-order valence-corrected chi connectivity index (χ1v) is 9.56. The summed E-state index contributed by atoms with van der Waals surface area (Å²) in [4.78, 5) is 17.7. The molecule has 0 aliphatic carbocycles. The van der Waals surface area contributed by atoms with E-state index in [1.165, 1.54) is 20.5 Å². The molecule has 8 nitrogen and oxygen atoms in total. The van der Waals surface area contributed by atoms with Gasteiger partial charge in [-0.05, 0) is 12.5 Å². The van der Waals surface area contributed by atoms with Gasteiger partial charge in [-0.25, -0.2) is 4.68 Å². The number of methoxy groups -OCH3 is 2. The number of hydrogen-bond acceptors (Lipinski definition) is 6. The van der Waals surface area contributed by atoms with Crippen LogP contribution >= 0.6 is 11.6 Å². The minimum atomic E-state index is -0.440. The van der Waals surface area contributed by atoms with Crippen molar-refractivity contribution in [1.29, 1.82) is 0 Å². The summed E-state index contributed by atoms with van der Waals surface area (Å²) in [5, 5.41) is 10.8. The lowest BCUT2D eigenvalue weighted by Gasteiger charge is -2.29. The average molecular weight is 426 g/mol. The van der Waals surface area contributed by atoms with Crippen molar-refractivity contribution in [3.63, 3.8) is 0 Å². The van der Waals surface area contributed by atoms with E-state index in [-0.39, 0.29) is 5.91 Å². The fraction of sp³-hybridized carbons (Fsp3) is 0.190. The molecular formula is C21H20ClN5O3. The van der Waals surface area contributed by atoms with Crippen LogP contribution in [0.15, 0.2) is 60.1 Å². The molecule has 2 N–H and O–H groups in total. The molecule has 0 bridgehead atoms. The van der Waals surface area contributed by atoms with Crippen molar-refractivity contribution in [2.45, 2.75) is 13.0 Å². The monoisotopic (exact) mass is 425 g/mol. The van der Waals surface area contributed by atoms with Gasteiger partial charge in [-0.3, -0.25) is 4.79 Å². The Morgan fingerprint density at radius 3 is 2.60 bits per heavy atom. The van der Waals surface area contributed by atoms with Crippen LogP contribution in [0.2, 0.25) is 5.02 Å². The molecule has 4 rings (SSSR count). The molecule has 1 unspecified atom stereocenters. The summed E-state index contributed by atoms with van der Waals surface area (Å²) in [6.45, 7) is 1.84. The van der Waals surface area contributed by atoms with Crippen molar-refractivity contribution in [2.75, 3.05) is 24.9 Å². The molecule has 1 amide bonds. The third kappa shape index (κ3) is 3.46. The van der Waals surface area contributed by atoms with Gasteiger partial charge in [0.1, 0.15) is 23.9 Å². The summed E-state index contributed by atoms with van der Waals surface area (Å²) in [5.41, 5.74) is 2.55. The number of fused-ring (bicyclic) bond motifs is 1. The second kappa shape index (κ2) is 8.08. The molecule has 9 heteroatoms. The Morgan fingerprint density at radius 2 is 1.90 bits per heavy atom. The van der Waals surface area contributed by atoms with Crippen molar-refractivity contribution in [3.8, 4) is 11.5 Å². The Morgan fingerprint density at radius 1 is 1.17 bits per heavy atom.